The molecule has 4 aromatic rings. The van der Waals surface area contributed by atoms with Crippen molar-refractivity contribution in [2.24, 2.45) is 0 Å². The van der Waals surface area contributed by atoms with Gasteiger partial charge < -0.3 is 5.32 Å². The molecule has 0 aliphatic rings. The maximum atomic E-state index is 13.9. The van der Waals surface area contributed by atoms with Crippen LogP contribution < -0.4 is 9.62 Å². The normalized spacial score (nSPS) is 11.3. The molecule has 1 amide bonds. The van der Waals surface area contributed by atoms with Crippen molar-refractivity contribution in [3.63, 3.8) is 0 Å². The van der Waals surface area contributed by atoms with Gasteiger partial charge in [-0.25, -0.2) is 8.42 Å². The summed E-state index contributed by atoms with van der Waals surface area (Å²) in [6.07, 6.45) is 0.896. The first-order valence-electron chi connectivity index (χ1n) is 10.9. The van der Waals surface area contributed by atoms with Gasteiger partial charge in [0.15, 0.2) is 0 Å². The number of carbonyl (C=O) groups is 1. The van der Waals surface area contributed by atoms with Crippen molar-refractivity contribution in [1.82, 2.24) is 0 Å². The number of amides is 1. The molecule has 0 aliphatic heterocycles. The lowest BCUT2D eigenvalue weighted by atomic mass is 10.1. The first-order valence-corrected chi connectivity index (χ1v) is 13.3. The standard InChI is InChI=1S/C27H26N2O3S2/c1-4-20-12-14-22(15-13-20)28-27(30)25-26(24(18-33-25)21-8-6-5-7-9-21)34(31,32)29(3)23-16-10-19(2)11-17-23/h5-18H,4H2,1-3H3,(H,28,30). The van der Waals surface area contributed by atoms with Crippen molar-refractivity contribution < 1.29 is 13.2 Å². The summed E-state index contributed by atoms with van der Waals surface area (Å²) >= 11 is 1.13. The Hall–Kier alpha value is -3.42. The van der Waals surface area contributed by atoms with Gasteiger partial charge in [-0.1, -0.05) is 67.1 Å². The van der Waals surface area contributed by atoms with Crippen LogP contribution in [0.4, 0.5) is 11.4 Å². The molecule has 0 saturated heterocycles. The van der Waals surface area contributed by atoms with E-state index in [0.717, 1.165) is 34.4 Å². The highest BCUT2D eigenvalue weighted by molar-refractivity contribution is 7.93. The lowest BCUT2D eigenvalue weighted by molar-refractivity contribution is 0.102. The fourth-order valence-electron chi connectivity index (χ4n) is 3.62. The van der Waals surface area contributed by atoms with Crippen LogP contribution in [0.25, 0.3) is 11.1 Å². The van der Waals surface area contributed by atoms with Gasteiger partial charge in [-0.2, -0.15) is 0 Å². The lowest BCUT2D eigenvalue weighted by Crippen LogP contribution is -2.28. The molecule has 0 saturated carbocycles. The largest absolute Gasteiger partial charge is 0.321 e. The van der Waals surface area contributed by atoms with Crippen molar-refractivity contribution in [2.45, 2.75) is 25.2 Å². The second kappa shape index (κ2) is 9.83. The van der Waals surface area contributed by atoms with Crippen LogP contribution in [0.15, 0.2) is 89.1 Å². The average Bonchev–Trinajstić information content (AvgIpc) is 3.31. The first-order chi connectivity index (χ1) is 16.3. The van der Waals surface area contributed by atoms with E-state index in [-0.39, 0.29) is 9.77 Å². The second-order valence-electron chi connectivity index (χ2n) is 7.99. The third kappa shape index (κ3) is 4.76. The van der Waals surface area contributed by atoms with E-state index in [9.17, 15) is 13.2 Å². The van der Waals surface area contributed by atoms with Gasteiger partial charge in [0.2, 0.25) is 0 Å². The predicted molar refractivity (Wildman–Crippen MR) is 140 cm³/mol. The van der Waals surface area contributed by atoms with Crippen LogP contribution in [-0.4, -0.2) is 21.4 Å². The Kier molecular flexibility index (Phi) is 6.86. The molecule has 3 aromatic carbocycles. The number of rotatable bonds is 7. The van der Waals surface area contributed by atoms with Crippen LogP contribution in [0.1, 0.15) is 27.7 Å². The third-order valence-electron chi connectivity index (χ3n) is 5.67. The quantitative estimate of drug-likeness (QED) is 0.328. The minimum atomic E-state index is -4.04. The van der Waals surface area contributed by atoms with Crippen LogP contribution in [0.3, 0.4) is 0 Å². The fourth-order valence-corrected chi connectivity index (χ4v) is 6.47. The molecule has 0 bridgehead atoms. The topological polar surface area (TPSA) is 66.5 Å². The number of benzene rings is 3. The Morgan fingerprint density at radius 3 is 2.21 bits per heavy atom. The second-order valence-corrected chi connectivity index (χ2v) is 10.8. The highest BCUT2D eigenvalue weighted by Crippen LogP contribution is 2.38. The first kappa shape index (κ1) is 23.7. The van der Waals surface area contributed by atoms with Crippen molar-refractivity contribution in [3.8, 4) is 11.1 Å². The molecule has 0 aliphatic carbocycles. The molecule has 34 heavy (non-hydrogen) atoms. The molecule has 1 heterocycles. The number of anilines is 2. The summed E-state index contributed by atoms with van der Waals surface area (Å²) < 4.78 is 29.0. The molecule has 1 N–H and O–H groups in total. The van der Waals surface area contributed by atoms with Crippen molar-refractivity contribution in [1.29, 1.82) is 0 Å². The van der Waals surface area contributed by atoms with E-state index in [1.165, 1.54) is 11.4 Å². The van der Waals surface area contributed by atoms with E-state index >= 15 is 0 Å². The van der Waals surface area contributed by atoms with E-state index in [1.54, 1.807) is 17.5 Å². The molecule has 0 spiro atoms. The molecule has 0 radical (unpaired) electrons. The molecule has 7 heteroatoms. The number of aryl methyl sites for hydroxylation is 2. The van der Waals surface area contributed by atoms with Crippen LogP contribution in [0.5, 0.6) is 0 Å². The number of carbonyl (C=O) groups excluding carboxylic acids is 1. The van der Waals surface area contributed by atoms with Crippen LogP contribution >= 0.6 is 11.3 Å². The van der Waals surface area contributed by atoms with E-state index in [2.05, 4.69) is 12.2 Å². The van der Waals surface area contributed by atoms with Gasteiger partial charge in [-0.3, -0.25) is 9.10 Å². The minimum Gasteiger partial charge on any atom is -0.321 e. The smallest absolute Gasteiger partial charge is 0.267 e. The predicted octanol–water partition coefficient (Wildman–Crippen LogP) is 6.36. The molecule has 0 atom stereocenters. The summed E-state index contributed by atoms with van der Waals surface area (Å²) in [5.41, 5.74) is 4.58. The Balaban J connectivity index is 1.79. The van der Waals surface area contributed by atoms with Gasteiger partial charge in [0.25, 0.3) is 15.9 Å². The van der Waals surface area contributed by atoms with Gasteiger partial charge >= 0.3 is 0 Å². The highest BCUT2D eigenvalue weighted by Gasteiger charge is 2.32. The van der Waals surface area contributed by atoms with Crippen LogP contribution in [-0.2, 0) is 16.4 Å². The zero-order valence-electron chi connectivity index (χ0n) is 19.3. The van der Waals surface area contributed by atoms with Gasteiger partial charge in [-0.05, 0) is 48.7 Å². The van der Waals surface area contributed by atoms with Gasteiger partial charge in [0.1, 0.15) is 9.77 Å². The molecular weight excluding hydrogens is 464 g/mol. The zero-order valence-corrected chi connectivity index (χ0v) is 20.9. The summed E-state index contributed by atoms with van der Waals surface area (Å²) in [7, 11) is -2.52. The van der Waals surface area contributed by atoms with Gasteiger partial charge in [0.05, 0.1) is 5.69 Å². The molecule has 174 valence electrons. The molecule has 0 unspecified atom stereocenters. The summed E-state index contributed by atoms with van der Waals surface area (Å²) in [6.45, 7) is 4.01. The van der Waals surface area contributed by atoms with Gasteiger partial charge in [-0.15, -0.1) is 11.3 Å². The Labute approximate surface area is 204 Å². The maximum Gasteiger partial charge on any atom is 0.267 e. The fraction of sp³-hybridized carbons (Fsp3) is 0.148. The number of sulfonamides is 1. The summed E-state index contributed by atoms with van der Waals surface area (Å²) in [5, 5.41) is 4.60. The van der Waals surface area contributed by atoms with Crippen molar-refractivity contribution >= 4 is 38.6 Å². The summed E-state index contributed by atoms with van der Waals surface area (Å²) in [6, 6.07) is 24.1. The van der Waals surface area contributed by atoms with Crippen LogP contribution in [0.2, 0.25) is 0 Å². The lowest BCUT2D eigenvalue weighted by Gasteiger charge is -2.21. The van der Waals surface area contributed by atoms with E-state index < -0.39 is 15.9 Å². The van der Waals surface area contributed by atoms with Crippen molar-refractivity contribution in [2.75, 3.05) is 16.7 Å². The van der Waals surface area contributed by atoms with E-state index in [0.29, 0.717) is 16.9 Å². The maximum absolute atomic E-state index is 13.9. The monoisotopic (exact) mass is 490 g/mol. The number of hydrogen-bond donors (Lipinski definition) is 1. The number of nitrogens with zero attached hydrogens (tertiary/aromatic N) is 1. The van der Waals surface area contributed by atoms with E-state index in [1.807, 2.05) is 73.7 Å². The Morgan fingerprint density at radius 2 is 1.59 bits per heavy atom. The molecule has 5 nitrogen and oxygen atoms in total. The van der Waals surface area contributed by atoms with Crippen molar-refractivity contribution in [3.05, 3.63) is 100 Å². The highest BCUT2D eigenvalue weighted by atomic mass is 32.2. The van der Waals surface area contributed by atoms with E-state index in [4.69, 9.17) is 0 Å². The van der Waals surface area contributed by atoms with Crippen LogP contribution in [0, 0.1) is 6.92 Å². The Morgan fingerprint density at radius 1 is 0.941 bits per heavy atom. The number of thiophene rings is 1. The SMILES string of the molecule is CCc1ccc(NC(=O)c2scc(-c3ccccc3)c2S(=O)(=O)N(C)c2ccc(C)cc2)cc1. The molecular formula is C27H26N2O3S2. The summed E-state index contributed by atoms with van der Waals surface area (Å²) in [4.78, 5) is 13.5. The zero-order chi connectivity index (χ0) is 24.3. The van der Waals surface area contributed by atoms with Gasteiger partial charge in [0, 0.05) is 23.7 Å². The number of hydrogen-bond acceptors (Lipinski definition) is 4. The number of nitrogens with one attached hydrogen (secondary N) is 1. The Bertz CT molecular complexity index is 1390. The third-order valence-corrected chi connectivity index (χ3v) is 8.65. The molecule has 4 rings (SSSR count). The molecule has 0 fully saturated rings. The average molecular weight is 491 g/mol. The summed E-state index contributed by atoms with van der Waals surface area (Å²) in [5.74, 6) is -0.452. The molecule has 1 aromatic heterocycles. The minimum absolute atomic E-state index is 0.00875.